The van der Waals surface area contributed by atoms with Crippen molar-refractivity contribution in [3.05, 3.63) is 11.8 Å². The average Bonchev–Trinajstić information content (AvgIpc) is 3.03. The average molecular weight is 408 g/mol. The van der Waals surface area contributed by atoms with Gasteiger partial charge in [-0.05, 0) is 33.6 Å². The maximum absolute atomic E-state index is 12.8. The van der Waals surface area contributed by atoms with Crippen molar-refractivity contribution in [1.82, 2.24) is 20.0 Å². The zero-order valence-electron chi connectivity index (χ0n) is 19.7. The molecule has 0 spiro atoms. The molecule has 3 amide bonds. The predicted octanol–water partition coefficient (Wildman–Crippen LogP) is 4.49. The van der Waals surface area contributed by atoms with Gasteiger partial charge in [0.05, 0.1) is 11.2 Å². The van der Waals surface area contributed by atoms with E-state index in [0.29, 0.717) is 18.9 Å². The monoisotopic (exact) mass is 407 g/mol. The quantitative estimate of drug-likeness (QED) is 0.592. The number of hydrogen-bond donors (Lipinski definition) is 2. The highest BCUT2D eigenvalue weighted by Gasteiger charge is 2.26. The van der Waals surface area contributed by atoms with Crippen molar-refractivity contribution in [2.24, 2.45) is 0 Å². The molecule has 0 saturated heterocycles. The molecular weight excluding hydrogens is 366 g/mol. The lowest BCUT2D eigenvalue weighted by Crippen LogP contribution is -2.45. The number of carbonyl (C=O) groups excluding carboxylic acids is 2. The molecule has 0 aromatic carbocycles. The molecule has 0 aliphatic rings. The first kappa shape index (κ1) is 25.0. The Morgan fingerprint density at radius 1 is 1.07 bits per heavy atom. The zero-order chi connectivity index (χ0) is 22.2. The van der Waals surface area contributed by atoms with Gasteiger partial charge in [0.15, 0.2) is 0 Å². The van der Waals surface area contributed by atoms with Gasteiger partial charge >= 0.3 is 6.03 Å². The van der Waals surface area contributed by atoms with Crippen LogP contribution in [-0.2, 0) is 15.7 Å². The number of nitrogens with zero attached hydrogens (tertiary/aromatic N) is 3. The number of aromatic nitrogens is 2. The molecule has 0 saturated carbocycles. The van der Waals surface area contributed by atoms with E-state index in [2.05, 4.69) is 66.0 Å². The van der Waals surface area contributed by atoms with Crippen LogP contribution in [0.2, 0.25) is 0 Å². The van der Waals surface area contributed by atoms with Crippen molar-refractivity contribution >= 4 is 17.8 Å². The molecule has 0 bridgehead atoms. The second kappa shape index (κ2) is 10.6. The van der Waals surface area contributed by atoms with Crippen LogP contribution in [0.4, 0.5) is 10.6 Å². The van der Waals surface area contributed by atoms with Crippen LogP contribution in [0.1, 0.15) is 86.8 Å². The molecule has 0 aliphatic carbocycles. The highest BCUT2D eigenvalue weighted by molar-refractivity contribution is 5.93. The summed E-state index contributed by atoms with van der Waals surface area (Å²) < 4.78 is 1.85. The van der Waals surface area contributed by atoms with E-state index >= 15 is 0 Å². The van der Waals surface area contributed by atoms with Gasteiger partial charge in [0.2, 0.25) is 5.91 Å². The van der Waals surface area contributed by atoms with Crippen LogP contribution >= 0.6 is 0 Å². The van der Waals surface area contributed by atoms with Gasteiger partial charge < -0.3 is 15.5 Å². The van der Waals surface area contributed by atoms with E-state index in [0.717, 1.165) is 31.4 Å². The lowest BCUT2D eigenvalue weighted by atomic mass is 9.92. The summed E-state index contributed by atoms with van der Waals surface area (Å²) in [6, 6.07) is 1.75. The SMILES string of the molecule is CCCCNC(=O)N(CCCC)CC(=O)Nc1cc(C(C)(C)C)nn1C(C)(C)C. The molecule has 0 atom stereocenters. The van der Waals surface area contributed by atoms with Crippen LogP contribution in [0.15, 0.2) is 6.07 Å². The van der Waals surface area contributed by atoms with Crippen LogP contribution in [0.5, 0.6) is 0 Å². The summed E-state index contributed by atoms with van der Waals surface area (Å²) in [5.41, 5.74) is 0.524. The van der Waals surface area contributed by atoms with Gasteiger partial charge in [0.25, 0.3) is 0 Å². The summed E-state index contributed by atoms with van der Waals surface area (Å²) in [4.78, 5) is 26.9. The highest BCUT2D eigenvalue weighted by atomic mass is 16.2. The molecule has 29 heavy (non-hydrogen) atoms. The summed E-state index contributed by atoms with van der Waals surface area (Å²) in [6.45, 7) is 17.8. The number of anilines is 1. The van der Waals surface area contributed by atoms with E-state index in [1.165, 1.54) is 0 Å². The summed E-state index contributed by atoms with van der Waals surface area (Å²) >= 11 is 0. The van der Waals surface area contributed by atoms with Gasteiger partial charge in [-0.1, -0.05) is 47.5 Å². The number of unbranched alkanes of at least 4 members (excludes halogenated alkanes) is 2. The zero-order valence-corrected chi connectivity index (χ0v) is 19.7. The molecule has 0 unspecified atom stereocenters. The number of rotatable bonds is 9. The third-order valence-electron chi connectivity index (χ3n) is 4.59. The van der Waals surface area contributed by atoms with Crippen molar-refractivity contribution in [3.63, 3.8) is 0 Å². The first-order valence-electron chi connectivity index (χ1n) is 10.8. The van der Waals surface area contributed by atoms with E-state index in [9.17, 15) is 9.59 Å². The number of urea groups is 1. The Labute approximate surface area is 176 Å². The maximum Gasteiger partial charge on any atom is 0.317 e. The third-order valence-corrected chi connectivity index (χ3v) is 4.59. The van der Waals surface area contributed by atoms with E-state index < -0.39 is 0 Å². The summed E-state index contributed by atoms with van der Waals surface area (Å²) in [7, 11) is 0. The van der Waals surface area contributed by atoms with Crippen LogP contribution in [0.3, 0.4) is 0 Å². The first-order valence-corrected chi connectivity index (χ1v) is 10.8. The second-order valence-electron chi connectivity index (χ2n) is 9.66. The van der Waals surface area contributed by atoms with Crippen LogP contribution in [0.25, 0.3) is 0 Å². The van der Waals surface area contributed by atoms with Crippen LogP contribution in [0, 0.1) is 0 Å². The fraction of sp³-hybridized carbons (Fsp3) is 0.773. The summed E-state index contributed by atoms with van der Waals surface area (Å²) in [5.74, 6) is 0.451. The van der Waals surface area contributed by atoms with Gasteiger partial charge in [-0.2, -0.15) is 5.10 Å². The Morgan fingerprint density at radius 2 is 1.69 bits per heavy atom. The normalized spacial score (nSPS) is 12.0. The van der Waals surface area contributed by atoms with E-state index in [-0.39, 0.29) is 29.4 Å². The number of nitrogens with one attached hydrogen (secondary N) is 2. The summed E-state index contributed by atoms with van der Waals surface area (Å²) in [6.07, 6.45) is 3.78. The molecule has 1 aromatic rings. The standard InChI is InChI=1S/C22H41N5O2/c1-9-11-13-23-20(29)26(14-12-10-2)16-19(28)24-18-15-17(21(3,4)5)25-27(18)22(6,7)8/h15H,9-14,16H2,1-8H3,(H,23,29)(H,24,28). The minimum Gasteiger partial charge on any atom is -0.338 e. The van der Waals surface area contributed by atoms with Gasteiger partial charge in [-0.25, -0.2) is 9.48 Å². The summed E-state index contributed by atoms with van der Waals surface area (Å²) in [5, 5.41) is 10.6. The molecule has 7 nitrogen and oxygen atoms in total. The van der Waals surface area contributed by atoms with Crippen molar-refractivity contribution in [2.45, 2.75) is 92.0 Å². The topological polar surface area (TPSA) is 79.3 Å². The van der Waals surface area contributed by atoms with Crippen LogP contribution < -0.4 is 10.6 Å². The molecule has 166 valence electrons. The maximum atomic E-state index is 12.8. The van der Waals surface area contributed by atoms with Gasteiger partial charge in [-0.3, -0.25) is 4.79 Å². The number of carbonyl (C=O) groups is 2. The molecule has 1 rings (SSSR count). The molecule has 2 N–H and O–H groups in total. The molecule has 1 heterocycles. The van der Waals surface area contributed by atoms with Gasteiger partial charge in [0, 0.05) is 24.6 Å². The Balaban J connectivity index is 2.94. The van der Waals surface area contributed by atoms with Gasteiger partial charge in [0.1, 0.15) is 12.4 Å². The second-order valence-corrected chi connectivity index (χ2v) is 9.66. The lowest BCUT2D eigenvalue weighted by Gasteiger charge is -2.25. The molecule has 0 radical (unpaired) electrons. The van der Waals surface area contributed by atoms with Crippen molar-refractivity contribution in [1.29, 1.82) is 0 Å². The Morgan fingerprint density at radius 3 is 2.21 bits per heavy atom. The fourth-order valence-electron chi connectivity index (χ4n) is 2.79. The number of amides is 3. The minimum atomic E-state index is -0.272. The molecule has 1 aromatic heterocycles. The van der Waals surface area contributed by atoms with E-state index in [1.54, 1.807) is 4.90 Å². The lowest BCUT2D eigenvalue weighted by molar-refractivity contribution is -0.116. The van der Waals surface area contributed by atoms with E-state index in [1.807, 2.05) is 10.7 Å². The van der Waals surface area contributed by atoms with Gasteiger partial charge in [-0.15, -0.1) is 0 Å². The molecule has 0 fully saturated rings. The fourth-order valence-corrected chi connectivity index (χ4v) is 2.79. The Bertz CT molecular complexity index is 668. The molecule has 7 heteroatoms. The molecular formula is C22H41N5O2. The highest BCUT2D eigenvalue weighted by Crippen LogP contribution is 2.28. The first-order chi connectivity index (χ1) is 13.4. The van der Waals surface area contributed by atoms with Crippen molar-refractivity contribution in [3.8, 4) is 0 Å². The molecule has 0 aliphatic heterocycles. The van der Waals surface area contributed by atoms with Crippen LogP contribution in [-0.4, -0.2) is 46.3 Å². The minimum absolute atomic E-state index is 0.0259. The predicted molar refractivity (Wildman–Crippen MR) is 119 cm³/mol. The van der Waals surface area contributed by atoms with E-state index in [4.69, 9.17) is 5.10 Å². The van der Waals surface area contributed by atoms with Crippen molar-refractivity contribution < 1.29 is 9.59 Å². The largest absolute Gasteiger partial charge is 0.338 e. The number of hydrogen-bond acceptors (Lipinski definition) is 3. The van der Waals surface area contributed by atoms with Crippen molar-refractivity contribution in [2.75, 3.05) is 25.0 Å². The smallest absolute Gasteiger partial charge is 0.317 e. The Kier molecular flexibility index (Phi) is 9.17. The third kappa shape index (κ3) is 8.07. The Hall–Kier alpha value is -2.05.